The van der Waals surface area contributed by atoms with E-state index in [9.17, 15) is 4.79 Å². The molecule has 0 aromatic heterocycles. The molecule has 0 fully saturated rings. The molecule has 0 saturated carbocycles. The second-order valence-corrected chi connectivity index (χ2v) is 6.43. The number of nitrogens with one attached hydrogen (secondary N) is 1. The number of halogens is 3. The Morgan fingerprint density at radius 3 is 2.53 bits per heavy atom. The lowest BCUT2D eigenvalue weighted by Gasteiger charge is -2.21. The molecule has 2 nitrogen and oxygen atoms in total. The van der Waals surface area contributed by atoms with Crippen molar-refractivity contribution in [2.24, 2.45) is 5.92 Å². The smallest absolute Gasteiger partial charge is 0.224 e. The second kappa shape index (κ2) is 8.13. The predicted octanol–water partition coefficient (Wildman–Crippen LogP) is 4.46. The van der Waals surface area contributed by atoms with Gasteiger partial charge in [-0.15, -0.1) is 0 Å². The lowest BCUT2D eigenvalue weighted by atomic mass is 10.0. The molecule has 0 aliphatic heterocycles. The average molecular weight is 367 g/mol. The van der Waals surface area contributed by atoms with Gasteiger partial charge in [0.15, 0.2) is 0 Å². The van der Waals surface area contributed by atoms with E-state index < -0.39 is 0 Å². The molecule has 1 aromatic rings. The van der Waals surface area contributed by atoms with Crippen molar-refractivity contribution in [1.82, 2.24) is 5.32 Å². The molecule has 0 spiro atoms. The maximum atomic E-state index is 12.0. The molecule has 0 bridgehead atoms. The van der Waals surface area contributed by atoms with Crippen LogP contribution in [0.1, 0.15) is 25.8 Å². The van der Waals surface area contributed by atoms with Crippen LogP contribution < -0.4 is 5.32 Å². The quantitative estimate of drug-likeness (QED) is 0.739. The van der Waals surface area contributed by atoms with E-state index in [2.05, 4.69) is 35.1 Å². The van der Waals surface area contributed by atoms with Crippen LogP contribution in [0.5, 0.6) is 0 Å². The fraction of sp³-hybridized carbons (Fsp3) is 0.500. The number of alkyl halides is 1. The van der Waals surface area contributed by atoms with Crippen LogP contribution in [0.15, 0.2) is 18.2 Å². The maximum Gasteiger partial charge on any atom is 0.224 e. The Balaban J connectivity index is 2.61. The molecule has 1 atom stereocenters. The highest BCUT2D eigenvalue weighted by molar-refractivity contribution is 9.09. The van der Waals surface area contributed by atoms with E-state index in [1.807, 2.05) is 6.07 Å². The number of carbonyl (C=O) groups excluding carboxylic acids is 1. The third-order valence-corrected chi connectivity index (χ3v) is 4.12. The molecule has 1 unspecified atom stereocenters. The molecule has 1 N–H and O–H groups in total. The summed E-state index contributed by atoms with van der Waals surface area (Å²) in [5, 5.41) is 4.92. The van der Waals surface area contributed by atoms with Crippen molar-refractivity contribution in [3.8, 4) is 0 Å². The molecule has 1 aromatic carbocycles. The van der Waals surface area contributed by atoms with E-state index in [1.165, 1.54) is 0 Å². The largest absolute Gasteiger partial charge is 0.353 e. The van der Waals surface area contributed by atoms with E-state index in [1.54, 1.807) is 12.1 Å². The molecule has 0 heterocycles. The van der Waals surface area contributed by atoms with Crippen molar-refractivity contribution in [2.75, 3.05) is 5.33 Å². The summed E-state index contributed by atoms with van der Waals surface area (Å²) in [6.45, 7) is 4.21. The molecule has 0 aliphatic rings. The Morgan fingerprint density at radius 2 is 2.00 bits per heavy atom. The van der Waals surface area contributed by atoms with E-state index in [0.717, 1.165) is 17.3 Å². The van der Waals surface area contributed by atoms with Crippen molar-refractivity contribution >= 4 is 45.0 Å². The van der Waals surface area contributed by atoms with Crippen LogP contribution in [0, 0.1) is 5.92 Å². The Bertz CT molecular complexity index is 437. The zero-order chi connectivity index (χ0) is 14.4. The average Bonchev–Trinajstić information content (AvgIpc) is 2.33. The van der Waals surface area contributed by atoms with Crippen LogP contribution in [0.2, 0.25) is 10.0 Å². The fourth-order valence-corrected chi connectivity index (χ4v) is 2.60. The van der Waals surface area contributed by atoms with Gasteiger partial charge in [0.25, 0.3) is 0 Å². The third kappa shape index (κ3) is 5.72. The van der Waals surface area contributed by atoms with Crippen molar-refractivity contribution in [3.63, 3.8) is 0 Å². The Labute approximate surface area is 133 Å². The summed E-state index contributed by atoms with van der Waals surface area (Å²) in [5.74, 6) is 0.424. The molecule has 19 heavy (non-hydrogen) atoms. The lowest BCUT2D eigenvalue weighted by Crippen LogP contribution is -2.39. The van der Waals surface area contributed by atoms with Crippen LogP contribution in [-0.2, 0) is 11.2 Å². The maximum absolute atomic E-state index is 12.0. The summed E-state index contributed by atoms with van der Waals surface area (Å²) < 4.78 is 0. The van der Waals surface area contributed by atoms with Gasteiger partial charge in [-0.05, 0) is 30.0 Å². The first-order valence-corrected chi connectivity index (χ1v) is 8.11. The highest BCUT2D eigenvalue weighted by atomic mass is 79.9. The summed E-state index contributed by atoms with van der Waals surface area (Å²) in [4.78, 5) is 12.0. The van der Waals surface area contributed by atoms with Gasteiger partial charge >= 0.3 is 0 Å². The van der Waals surface area contributed by atoms with Crippen molar-refractivity contribution in [1.29, 1.82) is 0 Å². The number of benzene rings is 1. The number of carbonyl (C=O) groups is 1. The first-order chi connectivity index (χ1) is 8.93. The number of hydrogen-bond acceptors (Lipinski definition) is 1. The van der Waals surface area contributed by atoms with Gasteiger partial charge in [0.2, 0.25) is 5.91 Å². The van der Waals surface area contributed by atoms with E-state index >= 15 is 0 Å². The first-order valence-electron chi connectivity index (χ1n) is 6.23. The number of hydrogen-bond donors (Lipinski definition) is 1. The van der Waals surface area contributed by atoms with Crippen molar-refractivity contribution in [2.45, 2.75) is 32.7 Å². The molecular weight excluding hydrogens is 349 g/mol. The van der Waals surface area contributed by atoms with Gasteiger partial charge in [0, 0.05) is 11.4 Å². The van der Waals surface area contributed by atoms with E-state index in [-0.39, 0.29) is 11.9 Å². The minimum absolute atomic E-state index is 0.0121. The fourth-order valence-electron chi connectivity index (χ4n) is 1.78. The Morgan fingerprint density at radius 1 is 1.32 bits per heavy atom. The molecule has 0 aliphatic carbocycles. The molecule has 1 amide bonds. The zero-order valence-electron chi connectivity index (χ0n) is 11.1. The van der Waals surface area contributed by atoms with Crippen molar-refractivity contribution < 1.29 is 4.79 Å². The van der Waals surface area contributed by atoms with Crippen LogP contribution in [-0.4, -0.2) is 17.3 Å². The molecule has 106 valence electrons. The number of amides is 1. The van der Waals surface area contributed by atoms with Crippen LogP contribution in [0.3, 0.4) is 0 Å². The van der Waals surface area contributed by atoms with Gasteiger partial charge in [-0.1, -0.05) is 59.0 Å². The summed E-state index contributed by atoms with van der Waals surface area (Å²) in [5.41, 5.74) is 0.869. The van der Waals surface area contributed by atoms with Gasteiger partial charge in [-0.2, -0.15) is 0 Å². The highest BCUT2D eigenvalue weighted by Crippen LogP contribution is 2.22. The summed E-state index contributed by atoms with van der Waals surface area (Å²) >= 11 is 15.2. The summed E-state index contributed by atoms with van der Waals surface area (Å²) in [7, 11) is 0. The standard InChI is InChI=1S/C14H18BrCl2NO/c1-9(2)13(5-6-15)18-14(19)8-10-3-4-11(16)12(17)7-10/h3-4,7,9,13H,5-6,8H2,1-2H3,(H,18,19). The van der Waals surface area contributed by atoms with Gasteiger partial charge in [-0.25, -0.2) is 0 Å². The van der Waals surface area contributed by atoms with Crippen LogP contribution in [0.25, 0.3) is 0 Å². The van der Waals surface area contributed by atoms with Crippen LogP contribution >= 0.6 is 39.1 Å². The molecular formula is C14H18BrCl2NO. The van der Waals surface area contributed by atoms with E-state index in [0.29, 0.717) is 22.4 Å². The zero-order valence-corrected chi connectivity index (χ0v) is 14.1. The predicted molar refractivity (Wildman–Crippen MR) is 85.3 cm³/mol. The molecule has 5 heteroatoms. The molecule has 0 radical (unpaired) electrons. The third-order valence-electron chi connectivity index (χ3n) is 2.92. The minimum Gasteiger partial charge on any atom is -0.353 e. The normalized spacial score (nSPS) is 12.5. The molecule has 1 rings (SSSR count). The summed E-state index contributed by atoms with van der Waals surface area (Å²) in [6, 6.07) is 5.46. The first kappa shape index (κ1) is 16.8. The number of rotatable bonds is 6. The minimum atomic E-state index is 0.0121. The van der Waals surface area contributed by atoms with Gasteiger partial charge < -0.3 is 5.32 Å². The lowest BCUT2D eigenvalue weighted by molar-refractivity contribution is -0.121. The SMILES string of the molecule is CC(C)C(CCBr)NC(=O)Cc1ccc(Cl)c(Cl)c1. The Kier molecular flexibility index (Phi) is 7.19. The van der Waals surface area contributed by atoms with Gasteiger partial charge in [0.05, 0.1) is 16.5 Å². The molecule has 0 saturated heterocycles. The summed E-state index contributed by atoms with van der Waals surface area (Å²) in [6.07, 6.45) is 1.24. The monoisotopic (exact) mass is 365 g/mol. The topological polar surface area (TPSA) is 29.1 Å². The highest BCUT2D eigenvalue weighted by Gasteiger charge is 2.15. The van der Waals surface area contributed by atoms with Crippen molar-refractivity contribution in [3.05, 3.63) is 33.8 Å². The van der Waals surface area contributed by atoms with E-state index in [4.69, 9.17) is 23.2 Å². The Hall–Kier alpha value is -0.250. The van der Waals surface area contributed by atoms with Gasteiger partial charge in [-0.3, -0.25) is 4.79 Å². The van der Waals surface area contributed by atoms with Crippen LogP contribution in [0.4, 0.5) is 0 Å². The second-order valence-electron chi connectivity index (χ2n) is 4.82. The van der Waals surface area contributed by atoms with Gasteiger partial charge in [0.1, 0.15) is 0 Å².